The molecule has 0 radical (unpaired) electrons. The van der Waals surface area contributed by atoms with E-state index in [1.807, 2.05) is 43.7 Å². The van der Waals surface area contributed by atoms with Crippen LogP contribution in [-0.4, -0.2) is 32.5 Å². The highest BCUT2D eigenvalue weighted by atomic mass is 35.5. The number of carbonyl (C=O) groups is 1. The SMILES string of the molecule is CCn1cc(C(=O)/C=C/c2ccc(OC)c(Cn3nc(C)c(Cl)c3C)c2)cn1. The van der Waals surface area contributed by atoms with Gasteiger partial charge in [0.2, 0.25) is 0 Å². The number of ether oxygens (including phenoxy) is 1. The Morgan fingerprint density at radius 1 is 1.32 bits per heavy atom. The molecule has 0 saturated carbocycles. The zero-order valence-electron chi connectivity index (χ0n) is 16.4. The topological polar surface area (TPSA) is 61.9 Å². The standard InChI is InChI=1S/C21H23ClN4O2/c1-5-25-12-18(11-23-25)19(27)8-6-16-7-9-20(28-4)17(10-16)13-26-15(3)21(22)14(2)24-26/h6-12H,5,13H2,1-4H3/b8-6+. The number of allylic oxidation sites excluding steroid dienone is 1. The zero-order valence-corrected chi connectivity index (χ0v) is 17.2. The monoisotopic (exact) mass is 398 g/mol. The van der Waals surface area contributed by atoms with E-state index < -0.39 is 0 Å². The minimum atomic E-state index is -0.0811. The van der Waals surface area contributed by atoms with Crippen LogP contribution in [0, 0.1) is 13.8 Å². The quantitative estimate of drug-likeness (QED) is 0.439. The van der Waals surface area contributed by atoms with Gasteiger partial charge in [-0.15, -0.1) is 0 Å². The van der Waals surface area contributed by atoms with Gasteiger partial charge < -0.3 is 4.74 Å². The average molecular weight is 399 g/mol. The number of benzene rings is 1. The van der Waals surface area contributed by atoms with Gasteiger partial charge in [0, 0.05) is 18.3 Å². The smallest absolute Gasteiger partial charge is 0.189 e. The Hall–Kier alpha value is -2.86. The summed E-state index contributed by atoms with van der Waals surface area (Å²) in [6.07, 6.45) is 6.69. The number of halogens is 1. The summed E-state index contributed by atoms with van der Waals surface area (Å²) in [6, 6.07) is 5.79. The molecule has 0 unspecified atom stereocenters. The molecule has 28 heavy (non-hydrogen) atoms. The summed E-state index contributed by atoms with van der Waals surface area (Å²) >= 11 is 6.25. The maximum atomic E-state index is 12.3. The highest BCUT2D eigenvalue weighted by molar-refractivity contribution is 6.31. The lowest BCUT2D eigenvalue weighted by atomic mass is 10.1. The first-order chi connectivity index (χ1) is 13.4. The van der Waals surface area contributed by atoms with Crippen LogP contribution in [0.4, 0.5) is 0 Å². The molecule has 3 rings (SSSR count). The predicted molar refractivity (Wildman–Crippen MR) is 110 cm³/mol. The van der Waals surface area contributed by atoms with Crippen LogP contribution in [0.2, 0.25) is 5.02 Å². The molecule has 0 spiro atoms. The lowest BCUT2D eigenvalue weighted by Gasteiger charge is -2.11. The predicted octanol–water partition coefficient (Wildman–Crippen LogP) is 4.32. The number of rotatable bonds is 7. The van der Waals surface area contributed by atoms with E-state index in [0.29, 0.717) is 17.1 Å². The van der Waals surface area contributed by atoms with Crippen molar-refractivity contribution in [2.24, 2.45) is 0 Å². The summed E-state index contributed by atoms with van der Waals surface area (Å²) in [7, 11) is 1.64. The summed E-state index contributed by atoms with van der Waals surface area (Å²) in [5, 5.41) is 9.29. The molecule has 0 amide bonds. The third-order valence-electron chi connectivity index (χ3n) is 4.59. The summed E-state index contributed by atoms with van der Waals surface area (Å²) in [4.78, 5) is 12.3. The maximum Gasteiger partial charge on any atom is 0.189 e. The molecule has 0 aliphatic heterocycles. The van der Waals surface area contributed by atoms with E-state index in [9.17, 15) is 4.79 Å². The van der Waals surface area contributed by atoms with E-state index in [1.54, 1.807) is 36.3 Å². The van der Waals surface area contributed by atoms with E-state index in [0.717, 1.165) is 34.8 Å². The van der Waals surface area contributed by atoms with E-state index >= 15 is 0 Å². The van der Waals surface area contributed by atoms with Crippen LogP contribution in [0.15, 0.2) is 36.7 Å². The Morgan fingerprint density at radius 3 is 2.71 bits per heavy atom. The van der Waals surface area contributed by atoms with Crippen LogP contribution >= 0.6 is 11.6 Å². The molecule has 2 aromatic heterocycles. The fraction of sp³-hybridized carbons (Fsp3) is 0.286. The molecule has 0 atom stereocenters. The third kappa shape index (κ3) is 4.17. The molecule has 1 aromatic carbocycles. The number of nitrogens with zero attached hydrogens (tertiary/aromatic N) is 4. The normalized spacial score (nSPS) is 11.3. The minimum absolute atomic E-state index is 0.0811. The Bertz CT molecular complexity index is 1030. The van der Waals surface area contributed by atoms with Crippen molar-refractivity contribution in [3.8, 4) is 5.75 Å². The lowest BCUT2D eigenvalue weighted by molar-refractivity contribution is 0.104. The molecule has 0 fully saturated rings. The van der Waals surface area contributed by atoms with Gasteiger partial charge in [0.15, 0.2) is 5.78 Å². The number of carbonyl (C=O) groups excluding carboxylic acids is 1. The highest BCUT2D eigenvalue weighted by Crippen LogP contribution is 2.25. The highest BCUT2D eigenvalue weighted by Gasteiger charge is 2.12. The van der Waals surface area contributed by atoms with E-state index in [-0.39, 0.29) is 5.78 Å². The first-order valence-electron chi connectivity index (χ1n) is 9.04. The van der Waals surface area contributed by atoms with Gasteiger partial charge in [0.05, 0.1) is 41.8 Å². The van der Waals surface area contributed by atoms with Crippen molar-refractivity contribution >= 4 is 23.5 Å². The minimum Gasteiger partial charge on any atom is -0.496 e. The summed E-state index contributed by atoms with van der Waals surface area (Å²) in [6.45, 7) is 7.06. The van der Waals surface area contributed by atoms with Crippen LogP contribution in [0.1, 0.15) is 39.8 Å². The molecule has 0 bridgehead atoms. The Kier molecular flexibility index (Phi) is 5.99. The van der Waals surface area contributed by atoms with Crippen LogP contribution in [0.3, 0.4) is 0 Å². The van der Waals surface area contributed by atoms with Crippen LogP contribution < -0.4 is 4.74 Å². The van der Waals surface area contributed by atoms with E-state index in [4.69, 9.17) is 16.3 Å². The van der Waals surface area contributed by atoms with Gasteiger partial charge in [-0.3, -0.25) is 14.2 Å². The van der Waals surface area contributed by atoms with Gasteiger partial charge in [-0.25, -0.2) is 0 Å². The van der Waals surface area contributed by atoms with Gasteiger partial charge in [0.1, 0.15) is 5.75 Å². The molecule has 0 saturated heterocycles. The molecular weight excluding hydrogens is 376 g/mol. The van der Waals surface area contributed by atoms with Crippen molar-refractivity contribution in [3.63, 3.8) is 0 Å². The molecule has 2 heterocycles. The zero-order chi connectivity index (χ0) is 20.3. The molecular formula is C21H23ClN4O2. The molecule has 6 nitrogen and oxygen atoms in total. The Morgan fingerprint density at radius 2 is 2.11 bits per heavy atom. The summed E-state index contributed by atoms with van der Waals surface area (Å²) in [5.74, 6) is 0.679. The van der Waals surface area contributed by atoms with E-state index in [2.05, 4.69) is 10.2 Å². The molecule has 7 heteroatoms. The second-order valence-electron chi connectivity index (χ2n) is 6.50. The van der Waals surface area contributed by atoms with Crippen molar-refractivity contribution in [2.45, 2.75) is 33.9 Å². The Labute approximate surface area is 169 Å². The largest absolute Gasteiger partial charge is 0.496 e. The molecule has 0 aliphatic rings. The second kappa shape index (κ2) is 8.44. The number of ketones is 1. The third-order valence-corrected chi connectivity index (χ3v) is 5.13. The number of aryl methyl sites for hydroxylation is 2. The first kappa shape index (κ1) is 19.9. The molecule has 146 valence electrons. The summed E-state index contributed by atoms with van der Waals surface area (Å²) < 4.78 is 9.07. The molecule has 0 aliphatic carbocycles. The van der Waals surface area contributed by atoms with Gasteiger partial charge in [-0.1, -0.05) is 23.7 Å². The van der Waals surface area contributed by atoms with Crippen molar-refractivity contribution in [2.75, 3.05) is 7.11 Å². The van der Waals surface area contributed by atoms with Crippen molar-refractivity contribution in [1.82, 2.24) is 19.6 Å². The number of hydrogen-bond donors (Lipinski definition) is 0. The lowest BCUT2D eigenvalue weighted by Crippen LogP contribution is -2.06. The first-order valence-corrected chi connectivity index (χ1v) is 9.42. The van der Waals surface area contributed by atoms with Crippen molar-refractivity contribution in [1.29, 1.82) is 0 Å². The maximum absolute atomic E-state index is 12.3. The van der Waals surface area contributed by atoms with Crippen LogP contribution in [0.5, 0.6) is 5.75 Å². The van der Waals surface area contributed by atoms with Gasteiger partial charge in [0.25, 0.3) is 0 Å². The number of hydrogen-bond acceptors (Lipinski definition) is 4. The van der Waals surface area contributed by atoms with Crippen LogP contribution in [0.25, 0.3) is 6.08 Å². The van der Waals surface area contributed by atoms with Crippen molar-refractivity contribution in [3.05, 3.63) is 69.8 Å². The number of methoxy groups -OCH3 is 1. The van der Waals surface area contributed by atoms with Gasteiger partial charge in [-0.05, 0) is 44.5 Å². The van der Waals surface area contributed by atoms with Gasteiger partial charge >= 0.3 is 0 Å². The summed E-state index contributed by atoms with van der Waals surface area (Å²) in [5.41, 5.74) is 4.14. The second-order valence-corrected chi connectivity index (χ2v) is 6.87. The van der Waals surface area contributed by atoms with Crippen molar-refractivity contribution < 1.29 is 9.53 Å². The van der Waals surface area contributed by atoms with Gasteiger partial charge in [-0.2, -0.15) is 10.2 Å². The fourth-order valence-corrected chi connectivity index (χ4v) is 3.08. The average Bonchev–Trinajstić information content (AvgIpc) is 3.27. The Balaban J connectivity index is 1.83. The molecule has 3 aromatic rings. The fourth-order valence-electron chi connectivity index (χ4n) is 2.95. The van der Waals surface area contributed by atoms with E-state index in [1.165, 1.54) is 0 Å². The number of aromatic nitrogens is 4. The van der Waals surface area contributed by atoms with Crippen LogP contribution in [-0.2, 0) is 13.1 Å². The molecule has 0 N–H and O–H groups in total.